The minimum Gasteiger partial charge on any atom is -0.325 e. The molecule has 3 amide bonds. The maximum Gasteiger partial charge on any atom is 0.257 e. The largest absolute Gasteiger partial charge is 0.325 e. The van der Waals surface area contributed by atoms with Crippen molar-refractivity contribution in [2.45, 2.75) is 19.8 Å². The van der Waals surface area contributed by atoms with Gasteiger partial charge in [0.1, 0.15) is 0 Å². The van der Waals surface area contributed by atoms with Crippen LogP contribution in [0, 0.1) is 6.92 Å². The zero-order valence-corrected chi connectivity index (χ0v) is 18.5. The Kier molecular flexibility index (Phi) is 8.56. The fourth-order valence-electron chi connectivity index (χ4n) is 2.13. The molecule has 29 heavy (non-hydrogen) atoms. The number of aryl methyl sites for hydroxylation is 1. The lowest BCUT2D eigenvalue weighted by molar-refractivity contribution is -0.124. The normalized spacial score (nSPS) is 10.0. The number of amides is 3. The van der Waals surface area contributed by atoms with Gasteiger partial charge in [-0.15, -0.1) is 0 Å². The van der Waals surface area contributed by atoms with E-state index in [1.807, 2.05) is 6.92 Å². The highest BCUT2D eigenvalue weighted by Crippen LogP contribution is 2.20. The molecule has 0 spiro atoms. The highest BCUT2D eigenvalue weighted by atomic mass is 79.9. The second-order valence-corrected chi connectivity index (χ2v) is 7.62. The van der Waals surface area contributed by atoms with Crippen molar-refractivity contribution in [1.29, 1.82) is 0 Å². The molecule has 2 aromatic rings. The Morgan fingerprint density at radius 3 is 2.41 bits per heavy atom. The maximum atomic E-state index is 12.1. The monoisotopic (exact) mass is 496 g/mol. The van der Waals surface area contributed by atoms with Gasteiger partial charge in [-0.05, 0) is 49.0 Å². The molecule has 2 rings (SSSR count). The zero-order valence-electron chi connectivity index (χ0n) is 15.3. The van der Waals surface area contributed by atoms with Crippen molar-refractivity contribution in [3.8, 4) is 0 Å². The standard InChI is InChI=1S/C19H18BrClN4O3S/c1-11-6-7-12(10-13(11)20)18(28)23-19(29)25-24-17(27)9-8-16(26)22-15-5-3-2-4-14(15)21/h2-7,10H,8-9H2,1H3,(H,22,26)(H,24,27)(H2,23,25,28,29). The van der Waals surface area contributed by atoms with Crippen LogP contribution < -0.4 is 21.5 Å². The van der Waals surface area contributed by atoms with Crippen LogP contribution in [0.3, 0.4) is 0 Å². The van der Waals surface area contributed by atoms with Crippen LogP contribution in [-0.4, -0.2) is 22.8 Å². The molecule has 0 heterocycles. The van der Waals surface area contributed by atoms with Gasteiger partial charge >= 0.3 is 0 Å². The number of hydrogen-bond donors (Lipinski definition) is 4. The summed E-state index contributed by atoms with van der Waals surface area (Å²) in [6.45, 7) is 1.90. The molecule has 0 aliphatic heterocycles. The molecule has 0 saturated heterocycles. The third kappa shape index (κ3) is 7.45. The van der Waals surface area contributed by atoms with Gasteiger partial charge in [0, 0.05) is 22.9 Å². The number of benzene rings is 2. The number of rotatable bonds is 5. The Balaban J connectivity index is 1.72. The van der Waals surface area contributed by atoms with Crippen LogP contribution in [0.25, 0.3) is 0 Å². The van der Waals surface area contributed by atoms with Crippen LogP contribution in [0.4, 0.5) is 5.69 Å². The summed E-state index contributed by atoms with van der Waals surface area (Å²) in [5, 5.41) is 5.42. The molecule has 0 atom stereocenters. The number of nitrogens with one attached hydrogen (secondary N) is 4. The van der Waals surface area contributed by atoms with E-state index in [4.69, 9.17) is 23.8 Å². The fraction of sp³-hybridized carbons (Fsp3) is 0.158. The number of hydrazine groups is 1. The Hall–Kier alpha value is -2.49. The molecular formula is C19H18BrClN4O3S. The molecule has 0 fully saturated rings. The number of thiocarbonyl (C=S) groups is 1. The molecule has 4 N–H and O–H groups in total. The summed E-state index contributed by atoms with van der Waals surface area (Å²) in [5.41, 5.74) is 6.64. The summed E-state index contributed by atoms with van der Waals surface area (Å²) in [4.78, 5) is 35.9. The van der Waals surface area contributed by atoms with Crippen molar-refractivity contribution >= 4 is 68.3 Å². The number of hydrogen-bond acceptors (Lipinski definition) is 4. The molecule has 0 bridgehead atoms. The number of carbonyl (C=O) groups is 3. The first kappa shape index (κ1) is 22.8. The maximum absolute atomic E-state index is 12.1. The van der Waals surface area contributed by atoms with Crippen molar-refractivity contribution in [1.82, 2.24) is 16.2 Å². The molecule has 0 aliphatic carbocycles. The fourth-order valence-corrected chi connectivity index (χ4v) is 2.84. The van der Waals surface area contributed by atoms with Gasteiger partial charge in [0.15, 0.2) is 5.11 Å². The van der Waals surface area contributed by atoms with Gasteiger partial charge in [-0.1, -0.05) is 45.7 Å². The van der Waals surface area contributed by atoms with E-state index >= 15 is 0 Å². The Labute approximate surface area is 186 Å². The van der Waals surface area contributed by atoms with Gasteiger partial charge in [0.2, 0.25) is 11.8 Å². The first-order chi connectivity index (χ1) is 13.8. The van der Waals surface area contributed by atoms with Gasteiger partial charge in [0.25, 0.3) is 5.91 Å². The van der Waals surface area contributed by atoms with Gasteiger partial charge in [0.05, 0.1) is 10.7 Å². The quantitative estimate of drug-likeness (QED) is 0.374. The van der Waals surface area contributed by atoms with Crippen molar-refractivity contribution in [3.63, 3.8) is 0 Å². The molecule has 0 aliphatic rings. The Bertz CT molecular complexity index is 955. The van der Waals surface area contributed by atoms with Gasteiger partial charge < -0.3 is 5.32 Å². The molecule has 0 aromatic heterocycles. The van der Waals surface area contributed by atoms with Gasteiger partial charge in [-0.25, -0.2) is 0 Å². The minimum absolute atomic E-state index is 0.0464. The zero-order chi connectivity index (χ0) is 21.4. The second-order valence-electron chi connectivity index (χ2n) is 5.95. The van der Waals surface area contributed by atoms with Crippen LogP contribution in [0.15, 0.2) is 46.9 Å². The summed E-state index contributed by atoms with van der Waals surface area (Å²) in [6.07, 6.45) is -0.125. The van der Waals surface area contributed by atoms with Crippen LogP contribution in [-0.2, 0) is 9.59 Å². The van der Waals surface area contributed by atoms with Gasteiger partial charge in [-0.3, -0.25) is 30.6 Å². The van der Waals surface area contributed by atoms with Crippen LogP contribution in [0.2, 0.25) is 5.02 Å². The van der Waals surface area contributed by atoms with E-state index in [0.29, 0.717) is 16.3 Å². The van der Waals surface area contributed by atoms with Crippen molar-refractivity contribution in [2.24, 2.45) is 0 Å². The Morgan fingerprint density at radius 2 is 1.72 bits per heavy atom. The van der Waals surface area contributed by atoms with E-state index in [-0.39, 0.29) is 23.9 Å². The number of carbonyl (C=O) groups excluding carboxylic acids is 3. The van der Waals surface area contributed by atoms with E-state index in [1.54, 1.807) is 42.5 Å². The van der Waals surface area contributed by atoms with Crippen molar-refractivity contribution in [2.75, 3.05) is 5.32 Å². The van der Waals surface area contributed by atoms with Crippen LogP contribution in [0.1, 0.15) is 28.8 Å². The van der Waals surface area contributed by atoms with Crippen LogP contribution in [0.5, 0.6) is 0 Å². The lowest BCUT2D eigenvalue weighted by Gasteiger charge is -2.11. The van der Waals surface area contributed by atoms with E-state index in [9.17, 15) is 14.4 Å². The topological polar surface area (TPSA) is 99.3 Å². The summed E-state index contributed by atoms with van der Waals surface area (Å²) in [5.74, 6) is -1.24. The average molecular weight is 498 g/mol. The third-order valence-electron chi connectivity index (χ3n) is 3.70. The second kappa shape index (κ2) is 10.9. The molecule has 0 saturated carbocycles. The molecular weight excluding hydrogens is 480 g/mol. The predicted molar refractivity (Wildman–Crippen MR) is 120 cm³/mol. The highest BCUT2D eigenvalue weighted by Gasteiger charge is 2.11. The SMILES string of the molecule is Cc1ccc(C(=O)NC(=S)NNC(=O)CCC(=O)Nc2ccccc2Cl)cc1Br. The molecule has 2 aromatic carbocycles. The van der Waals surface area contributed by atoms with E-state index in [0.717, 1.165) is 10.0 Å². The van der Waals surface area contributed by atoms with Crippen molar-refractivity contribution in [3.05, 3.63) is 63.1 Å². The number of halogens is 2. The predicted octanol–water partition coefficient (Wildman–Crippen LogP) is 3.47. The summed E-state index contributed by atoms with van der Waals surface area (Å²) >= 11 is 14.3. The smallest absolute Gasteiger partial charge is 0.257 e. The first-order valence-corrected chi connectivity index (χ1v) is 10.0. The first-order valence-electron chi connectivity index (χ1n) is 8.47. The van der Waals surface area contributed by atoms with Gasteiger partial charge in [-0.2, -0.15) is 0 Å². The average Bonchev–Trinajstić information content (AvgIpc) is 2.68. The van der Waals surface area contributed by atoms with E-state index in [2.05, 4.69) is 37.4 Å². The van der Waals surface area contributed by atoms with E-state index in [1.165, 1.54) is 0 Å². The summed E-state index contributed by atoms with van der Waals surface area (Å²) < 4.78 is 0.799. The third-order valence-corrected chi connectivity index (χ3v) is 5.09. The van der Waals surface area contributed by atoms with Crippen molar-refractivity contribution < 1.29 is 14.4 Å². The lowest BCUT2D eigenvalue weighted by atomic mass is 10.1. The summed E-state index contributed by atoms with van der Waals surface area (Å²) in [7, 11) is 0. The molecule has 7 nitrogen and oxygen atoms in total. The lowest BCUT2D eigenvalue weighted by Crippen LogP contribution is -2.48. The van der Waals surface area contributed by atoms with Crippen LogP contribution >= 0.6 is 39.7 Å². The molecule has 10 heteroatoms. The van der Waals surface area contributed by atoms with E-state index < -0.39 is 11.8 Å². The molecule has 0 radical (unpaired) electrons. The number of para-hydroxylation sites is 1. The summed E-state index contributed by atoms with van der Waals surface area (Å²) in [6, 6.07) is 11.9. The number of anilines is 1. The highest BCUT2D eigenvalue weighted by molar-refractivity contribution is 9.10. The minimum atomic E-state index is -0.464. The molecule has 0 unspecified atom stereocenters. The Morgan fingerprint density at radius 1 is 1.03 bits per heavy atom. The molecule has 152 valence electrons.